The number of hydrogen-bond acceptors (Lipinski definition) is 5. The number of nitro groups is 1. The van der Waals surface area contributed by atoms with Crippen molar-refractivity contribution in [3.8, 4) is 5.75 Å². The standard InChI is InChI=1S/C16H25N3O4/c1-4-8-17-16(20)12-18(9-5-2)11-13-6-7-15(23-3)14(10-13)19(21)22/h6-7,10H,4-5,8-9,11-12H2,1-3H3,(H,17,20). The minimum Gasteiger partial charge on any atom is -0.490 e. The highest BCUT2D eigenvalue weighted by atomic mass is 16.6. The molecular weight excluding hydrogens is 298 g/mol. The van der Waals surface area contributed by atoms with Gasteiger partial charge in [-0.05, 0) is 31.0 Å². The third kappa shape index (κ3) is 6.23. The zero-order chi connectivity index (χ0) is 17.2. The average Bonchev–Trinajstić information content (AvgIpc) is 2.53. The number of nitrogens with one attached hydrogen (secondary N) is 1. The van der Waals surface area contributed by atoms with E-state index in [4.69, 9.17) is 4.74 Å². The first kappa shape index (κ1) is 18.9. The maximum Gasteiger partial charge on any atom is 0.311 e. The van der Waals surface area contributed by atoms with Crippen LogP contribution in [0.4, 0.5) is 5.69 Å². The Kier molecular flexibility index (Phi) is 8.04. The summed E-state index contributed by atoms with van der Waals surface area (Å²) in [6.07, 6.45) is 1.80. The molecule has 0 aliphatic heterocycles. The van der Waals surface area contributed by atoms with Crippen LogP contribution in [0, 0.1) is 10.1 Å². The van der Waals surface area contributed by atoms with Crippen molar-refractivity contribution >= 4 is 11.6 Å². The first-order valence-corrected chi connectivity index (χ1v) is 7.82. The lowest BCUT2D eigenvalue weighted by Crippen LogP contribution is -2.37. The molecule has 1 rings (SSSR count). The lowest BCUT2D eigenvalue weighted by atomic mass is 10.1. The van der Waals surface area contributed by atoms with Crippen LogP contribution < -0.4 is 10.1 Å². The Morgan fingerprint density at radius 2 is 2.09 bits per heavy atom. The molecule has 0 atom stereocenters. The van der Waals surface area contributed by atoms with Crippen LogP contribution in [0.15, 0.2) is 18.2 Å². The SMILES string of the molecule is CCCNC(=O)CN(CCC)Cc1ccc(OC)c([N+](=O)[O-])c1. The van der Waals surface area contributed by atoms with Gasteiger partial charge in [0.15, 0.2) is 5.75 Å². The van der Waals surface area contributed by atoms with Gasteiger partial charge in [0.25, 0.3) is 0 Å². The van der Waals surface area contributed by atoms with Gasteiger partial charge >= 0.3 is 5.69 Å². The second-order valence-corrected chi connectivity index (χ2v) is 5.32. The monoisotopic (exact) mass is 323 g/mol. The van der Waals surface area contributed by atoms with Gasteiger partial charge in [0.2, 0.25) is 5.91 Å². The summed E-state index contributed by atoms with van der Waals surface area (Å²) in [5.41, 5.74) is 0.728. The van der Waals surface area contributed by atoms with Gasteiger partial charge in [-0.3, -0.25) is 19.8 Å². The third-order valence-electron chi connectivity index (χ3n) is 3.33. The van der Waals surface area contributed by atoms with Crippen LogP contribution in [0.25, 0.3) is 0 Å². The Labute approximate surface area is 136 Å². The first-order chi connectivity index (χ1) is 11.0. The first-order valence-electron chi connectivity index (χ1n) is 7.82. The predicted octanol–water partition coefficient (Wildman–Crippen LogP) is 2.34. The zero-order valence-corrected chi connectivity index (χ0v) is 14.0. The molecule has 0 radical (unpaired) electrons. The van der Waals surface area contributed by atoms with Gasteiger partial charge in [-0.1, -0.05) is 19.9 Å². The van der Waals surface area contributed by atoms with Crippen LogP contribution >= 0.6 is 0 Å². The number of methoxy groups -OCH3 is 1. The number of carbonyl (C=O) groups excluding carboxylic acids is 1. The van der Waals surface area contributed by atoms with E-state index in [1.807, 2.05) is 18.7 Å². The number of nitro benzene ring substituents is 1. The topological polar surface area (TPSA) is 84.7 Å². The highest BCUT2D eigenvalue weighted by Gasteiger charge is 2.17. The largest absolute Gasteiger partial charge is 0.490 e. The number of benzene rings is 1. The lowest BCUT2D eigenvalue weighted by Gasteiger charge is -2.21. The third-order valence-corrected chi connectivity index (χ3v) is 3.33. The van der Waals surface area contributed by atoms with Crippen molar-refractivity contribution in [3.05, 3.63) is 33.9 Å². The predicted molar refractivity (Wildman–Crippen MR) is 88.5 cm³/mol. The van der Waals surface area contributed by atoms with Gasteiger partial charge in [0, 0.05) is 19.2 Å². The molecule has 0 saturated heterocycles. The van der Waals surface area contributed by atoms with Gasteiger partial charge in [-0.15, -0.1) is 0 Å². The van der Waals surface area contributed by atoms with Crippen LogP contribution in [-0.2, 0) is 11.3 Å². The number of amides is 1. The van der Waals surface area contributed by atoms with E-state index < -0.39 is 4.92 Å². The van der Waals surface area contributed by atoms with Gasteiger partial charge in [-0.25, -0.2) is 0 Å². The van der Waals surface area contributed by atoms with E-state index in [0.29, 0.717) is 13.1 Å². The molecule has 0 bridgehead atoms. The van der Waals surface area contributed by atoms with E-state index in [1.54, 1.807) is 12.1 Å². The Bertz CT molecular complexity index is 534. The highest BCUT2D eigenvalue weighted by Crippen LogP contribution is 2.27. The maximum atomic E-state index is 11.9. The molecule has 128 valence electrons. The number of ether oxygens (including phenoxy) is 1. The molecule has 0 heterocycles. The maximum absolute atomic E-state index is 11.9. The fourth-order valence-electron chi connectivity index (χ4n) is 2.29. The molecule has 1 amide bonds. The Balaban J connectivity index is 2.81. The van der Waals surface area contributed by atoms with Gasteiger partial charge in [-0.2, -0.15) is 0 Å². The molecular formula is C16H25N3O4. The molecule has 0 fully saturated rings. The van der Waals surface area contributed by atoms with Crippen molar-refractivity contribution < 1.29 is 14.5 Å². The van der Waals surface area contributed by atoms with Crippen LogP contribution in [0.1, 0.15) is 32.3 Å². The van der Waals surface area contributed by atoms with E-state index in [1.165, 1.54) is 13.2 Å². The van der Waals surface area contributed by atoms with Crippen molar-refractivity contribution in [2.24, 2.45) is 0 Å². The van der Waals surface area contributed by atoms with Gasteiger partial charge < -0.3 is 10.1 Å². The fourth-order valence-corrected chi connectivity index (χ4v) is 2.29. The summed E-state index contributed by atoms with van der Waals surface area (Å²) in [6.45, 7) is 6.21. The van der Waals surface area contributed by atoms with E-state index in [2.05, 4.69) is 5.32 Å². The molecule has 7 nitrogen and oxygen atoms in total. The highest BCUT2D eigenvalue weighted by molar-refractivity contribution is 5.77. The summed E-state index contributed by atoms with van der Waals surface area (Å²) in [6, 6.07) is 4.89. The molecule has 1 aromatic carbocycles. The smallest absolute Gasteiger partial charge is 0.311 e. The van der Waals surface area contributed by atoms with Gasteiger partial charge in [0.05, 0.1) is 18.6 Å². The molecule has 0 aliphatic rings. The van der Waals surface area contributed by atoms with Crippen molar-refractivity contribution in [1.82, 2.24) is 10.2 Å². The fraction of sp³-hybridized carbons (Fsp3) is 0.562. The quantitative estimate of drug-likeness (QED) is 0.528. The second-order valence-electron chi connectivity index (χ2n) is 5.32. The summed E-state index contributed by atoms with van der Waals surface area (Å²) in [4.78, 5) is 24.5. The number of carbonyl (C=O) groups is 1. The Hall–Kier alpha value is -2.15. The van der Waals surface area contributed by atoms with Crippen LogP contribution in [0.5, 0.6) is 5.75 Å². The molecule has 1 N–H and O–H groups in total. The van der Waals surface area contributed by atoms with Crippen LogP contribution in [0.3, 0.4) is 0 Å². The Morgan fingerprint density at radius 1 is 1.35 bits per heavy atom. The second kappa shape index (κ2) is 9.78. The van der Waals surface area contributed by atoms with E-state index in [-0.39, 0.29) is 23.9 Å². The normalized spacial score (nSPS) is 10.6. The minimum absolute atomic E-state index is 0.0247. The molecule has 23 heavy (non-hydrogen) atoms. The van der Waals surface area contributed by atoms with Crippen molar-refractivity contribution in [3.63, 3.8) is 0 Å². The van der Waals surface area contributed by atoms with Crippen molar-refractivity contribution in [2.75, 3.05) is 26.7 Å². The zero-order valence-electron chi connectivity index (χ0n) is 14.0. The molecule has 0 saturated carbocycles. The number of hydrogen-bond donors (Lipinski definition) is 1. The van der Waals surface area contributed by atoms with Crippen molar-refractivity contribution in [1.29, 1.82) is 0 Å². The van der Waals surface area contributed by atoms with Crippen LogP contribution in [-0.4, -0.2) is 42.5 Å². The average molecular weight is 323 g/mol. The van der Waals surface area contributed by atoms with Crippen LogP contribution in [0.2, 0.25) is 0 Å². The summed E-state index contributed by atoms with van der Waals surface area (Å²) >= 11 is 0. The summed E-state index contributed by atoms with van der Waals surface area (Å²) in [7, 11) is 1.41. The summed E-state index contributed by atoms with van der Waals surface area (Å²) in [5, 5.41) is 13.9. The molecule has 0 aliphatic carbocycles. The summed E-state index contributed by atoms with van der Waals surface area (Å²) in [5.74, 6) is 0.213. The number of nitrogens with zero attached hydrogens (tertiary/aromatic N) is 2. The molecule has 7 heteroatoms. The van der Waals surface area contributed by atoms with E-state index in [0.717, 1.165) is 24.9 Å². The van der Waals surface area contributed by atoms with Crippen molar-refractivity contribution in [2.45, 2.75) is 33.2 Å². The molecule has 0 unspecified atom stereocenters. The molecule has 0 spiro atoms. The minimum atomic E-state index is -0.458. The number of rotatable bonds is 10. The van der Waals surface area contributed by atoms with E-state index >= 15 is 0 Å². The lowest BCUT2D eigenvalue weighted by molar-refractivity contribution is -0.385. The van der Waals surface area contributed by atoms with E-state index in [9.17, 15) is 14.9 Å². The molecule has 0 aromatic heterocycles. The van der Waals surface area contributed by atoms with Gasteiger partial charge in [0.1, 0.15) is 0 Å². The summed E-state index contributed by atoms with van der Waals surface area (Å²) < 4.78 is 5.00. The molecule has 1 aromatic rings. The Morgan fingerprint density at radius 3 is 2.65 bits per heavy atom.